The Hall–Kier alpha value is -1.32. The molecule has 1 unspecified atom stereocenters. The first-order valence-electron chi connectivity index (χ1n) is 7.58. The summed E-state index contributed by atoms with van der Waals surface area (Å²) in [5.41, 5.74) is 3.73. The van der Waals surface area contributed by atoms with E-state index in [1.807, 2.05) is 11.3 Å². The fourth-order valence-electron chi connectivity index (χ4n) is 2.62. The Morgan fingerprint density at radius 1 is 1.14 bits per heavy atom. The van der Waals surface area contributed by atoms with Crippen molar-refractivity contribution in [3.63, 3.8) is 0 Å². The Kier molecular flexibility index (Phi) is 5.43. The average molecular weight is 303 g/mol. The number of rotatable bonds is 6. The van der Waals surface area contributed by atoms with E-state index >= 15 is 0 Å². The van der Waals surface area contributed by atoms with E-state index in [-0.39, 0.29) is 6.04 Å². The van der Waals surface area contributed by atoms with Crippen molar-refractivity contribution >= 4 is 11.3 Å². The number of ether oxygens (including phenoxy) is 1. The second-order valence-corrected chi connectivity index (χ2v) is 6.48. The van der Waals surface area contributed by atoms with Gasteiger partial charge in [0.05, 0.1) is 13.2 Å². The Labute approximate surface area is 132 Å². The fraction of sp³-hybridized carbons (Fsp3) is 0.444. The number of methoxy groups -OCH3 is 1. The van der Waals surface area contributed by atoms with E-state index in [0.29, 0.717) is 0 Å². The highest BCUT2D eigenvalue weighted by molar-refractivity contribution is 7.12. The second-order valence-electron chi connectivity index (χ2n) is 5.28. The van der Waals surface area contributed by atoms with Gasteiger partial charge in [0.25, 0.3) is 0 Å². The molecule has 1 N–H and O–H groups in total. The first-order valence-corrected chi connectivity index (χ1v) is 8.40. The summed E-state index contributed by atoms with van der Waals surface area (Å²) >= 11 is 1.89. The van der Waals surface area contributed by atoms with E-state index in [1.54, 1.807) is 7.11 Å². The van der Waals surface area contributed by atoms with Crippen molar-refractivity contribution in [1.82, 2.24) is 5.32 Å². The smallest absolute Gasteiger partial charge is 0.127 e. The minimum atomic E-state index is 0.203. The highest BCUT2D eigenvalue weighted by Crippen LogP contribution is 2.36. The lowest BCUT2D eigenvalue weighted by Gasteiger charge is -2.22. The maximum atomic E-state index is 5.70. The van der Waals surface area contributed by atoms with Gasteiger partial charge in [0.1, 0.15) is 5.75 Å². The zero-order valence-electron chi connectivity index (χ0n) is 13.6. The van der Waals surface area contributed by atoms with Gasteiger partial charge >= 0.3 is 0 Å². The number of aryl methyl sites for hydroxylation is 2. The van der Waals surface area contributed by atoms with Gasteiger partial charge < -0.3 is 10.1 Å². The summed E-state index contributed by atoms with van der Waals surface area (Å²) in [7, 11) is 1.76. The molecule has 114 valence electrons. The van der Waals surface area contributed by atoms with E-state index < -0.39 is 0 Å². The first kappa shape index (κ1) is 16.1. The summed E-state index contributed by atoms with van der Waals surface area (Å²) in [5, 5.41) is 3.60. The van der Waals surface area contributed by atoms with Crippen molar-refractivity contribution in [2.24, 2.45) is 0 Å². The van der Waals surface area contributed by atoms with Crippen molar-refractivity contribution in [3.8, 4) is 5.75 Å². The van der Waals surface area contributed by atoms with Crippen LogP contribution in [-0.4, -0.2) is 13.7 Å². The van der Waals surface area contributed by atoms with Gasteiger partial charge in [-0.15, -0.1) is 11.3 Å². The first-order chi connectivity index (χ1) is 10.1. The van der Waals surface area contributed by atoms with Crippen LogP contribution in [0.1, 0.15) is 46.3 Å². The Balaban J connectivity index is 2.50. The maximum Gasteiger partial charge on any atom is 0.127 e. The third kappa shape index (κ3) is 3.30. The molecule has 0 spiro atoms. The minimum absolute atomic E-state index is 0.203. The van der Waals surface area contributed by atoms with Gasteiger partial charge in [0, 0.05) is 15.3 Å². The van der Waals surface area contributed by atoms with E-state index in [9.17, 15) is 0 Å². The maximum absolute atomic E-state index is 5.70. The SMILES string of the molecule is CCNC(c1ccc(CC)s1)c1ccc(C)c(C)c1OC. The lowest BCUT2D eigenvalue weighted by atomic mass is 9.98. The summed E-state index contributed by atoms with van der Waals surface area (Å²) < 4.78 is 5.70. The molecule has 0 aliphatic rings. The molecular formula is C18H25NOS. The molecule has 3 heteroatoms. The summed E-state index contributed by atoms with van der Waals surface area (Å²) in [4.78, 5) is 2.78. The lowest BCUT2D eigenvalue weighted by Crippen LogP contribution is -2.22. The average Bonchev–Trinajstić information content (AvgIpc) is 2.96. The molecule has 2 aromatic rings. The minimum Gasteiger partial charge on any atom is -0.496 e. The predicted molar refractivity (Wildman–Crippen MR) is 91.7 cm³/mol. The number of hydrogen-bond acceptors (Lipinski definition) is 3. The standard InChI is InChI=1S/C18H25NOS/c1-6-14-9-11-16(21-14)17(19-7-2)15-10-8-12(3)13(4)18(15)20-5/h8-11,17,19H,6-7H2,1-5H3. The summed E-state index contributed by atoms with van der Waals surface area (Å²) in [6, 6.07) is 9.06. The molecule has 1 atom stereocenters. The number of hydrogen-bond donors (Lipinski definition) is 1. The van der Waals surface area contributed by atoms with Crippen LogP contribution in [0.3, 0.4) is 0 Å². The fourth-order valence-corrected chi connectivity index (χ4v) is 3.66. The van der Waals surface area contributed by atoms with Crippen LogP contribution in [0.4, 0.5) is 0 Å². The number of benzene rings is 1. The van der Waals surface area contributed by atoms with Crippen LogP contribution in [0.2, 0.25) is 0 Å². The monoisotopic (exact) mass is 303 g/mol. The highest BCUT2D eigenvalue weighted by Gasteiger charge is 2.20. The van der Waals surface area contributed by atoms with Crippen LogP contribution < -0.4 is 10.1 Å². The Morgan fingerprint density at radius 2 is 1.90 bits per heavy atom. The van der Waals surface area contributed by atoms with Crippen LogP contribution >= 0.6 is 11.3 Å². The molecule has 0 fully saturated rings. The van der Waals surface area contributed by atoms with Gasteiger partial charge in [-0.2, -0.15) is 0 Å². The van der Waals surface area contributed by atoms with Gasteiger partial charge in [-0.3, -0.25) is 0 Å². The molecular weight excluding hydrogens is 278 g/mol. The third-order valence-electron chi connectivity index (χ3n) is 3.95. The van der Waals surface area contributed by atoms with Crippen molar-refractivity contribution in [3.05, 3.63) is 50.7 Å². The van der Waals surface area contributed by atoms with Crippen LogP contribution in [0.15, 0.2) is 24.3 Å². The van der Waals surface area contributed by atoms with Gasteiger partial charge in [0.2, 0.25) is 0 Å². The van der Waals surface area contributed by atoms with Crippen LogP contribution in [0.5, 0.6) is 5.75 Å². The van der Waals surface area contributed by atoms with Crippen LogP contribution in [-0.2, 0) is 6.42 Å². The molecule has 1 aromatic carbocycles. The van der Waals surface area contributed by atoms with E-state index in [2.05, 4.69) is 57.3 Å². The molecule has 0 saturated carbocycles. The van der Waals surface area contributed by atoms with Crippen molar-refractivity contribution < 1.29 is 4.74 Å². The second kappa shape index (κ2) is 7.10. The van der Waals surface area contributed by atoms with Gasteiger partial charge in [-0.25, -0.2) is 0 Å². The quantitative estimate of drug-likeness (QED) is 0.839. The zero-order valence-corrected chi connectivity index (χ0v) is 14.4. The molecule has 0 aliphatic heterocycles. The van der Waals surface area contributed by atoms with Crippen molar-refractivity contribution in [1.29, 1.82) is 0 Å². The predicted octanol–water partition coefficient (Wildman–Crippen LogP) is 4.63. The van der Waals surface area contributed by atoms with Gasteiger partial charge in [-0.1, -0.05) is 26.0 Å². The largest absolute Gasteiger partial charge is 0.496 e. The topological polar surface area (TPSA) is 21.3 Å². The van der Waals surface area contributed by atoms with Crippen molar-refractivity contribution in [2.75, 3.05) is 13.7 Å². The molecule has 0 saturated heterocycles. The molecule has 1 heterocycles. The molecule has 0 bridgehead atoms. The summed E-state index contributed by atoms with van der Waals surface area (Å²) in [6.07, 6.45) is 1.09. The molecule has 2 nitrogen and oxygen atoms in total. The molecule has 21 heavy (non-hydrogen) atoms. The van der Waals surface area contributed by atoms with E-state index in [4.69, 9.17) is 4.74 Å². The Morgan fingerprint density at radius 3 is 2.48 bits per heavy atom. The number of nitrogens with one attached hydrogen (secondary N) is 1. The molecule has 0 aliphatic carbocycles. The molecule has 0 radical (unpaired) electrons. The Bertz CT molecular complexity index is 603. The van der Waals surface area contributed by atoms with Crippen LogP contribution in [0.25, 0.3) is 0 Å². The summed E-state index contributed by atoms with van der Waals surface area (Å²) in [6.45, 7) is 9.54. The number of thiophene rings is 1. The normalized spacial score (nSPS) is 12.4. The zero-order chi connectivity index (χ0) is 15.4. The van der Waals surface area contributed by atoms with E-state index in [1.165, 1.54) is 26.4 Å². The van der Waals surface area contributed by atoms with Gasteiger partial charge in [0.15, 0.2) is 0 Å². The highest BCUT2D eigenvalue weighted by atomic mass is 32.1. The molecule has 0 amide bonds. The van der Waals surface area contributed by atoms with Crippen LogP contribution in [0, 0.1) is 13.8 Å². The molecule has 1 aromatic heterocycles. The van der Waals surface area contributed by atoms with E-state index in [0.717, 1.165) is 18.7 Å². The van der Waals surface area contributed by atoms with Crippen molar-refractivity contribution in [2.45, 2.75) is 40.2 Å². The van der Waals surface area contributed by atoms with Gasteiger partial charge in [-0.05, 0) is 50.1 Å². The molecule has 2 rings (SSSR count). The lowest BCUT2D eigenvalue weighted by molar-refractivity contribution is 0.401. The third-order valence-corrected chi connectivity index (χ3v) is 5.24. The summed E-state index contributed by atoms with van der Waals surface area (Å²) in [5.74, 6) is 1.01.